The molecule has 0 radical (unpaired) electrons. The lowest BCUT2D eigenvalue weighted by Crippen LogP contribution is -2.12. The Morgan fingerprint density at radius 2 is 1.74 bits per heavy atom. The van der Waals surface area contributed by atoms with E-state index < -0.39 is 0 Å². The zero-order valence-electron chi connectivity index (χ0n) is 12.1. The molecule has 0 amide bonds. The first-order valence-electron chi connectivity index (χ1n) is 7.87. The van der Waals surface area contributed by atoms with E-state index in [0.29, 0.717) is 10.7 Å². The highest BCUT2D eigenvalue weighted by Gasteiger charge is 2.39. The van der Waals surface area contributed by atoms with Gasteiger partial charge in [0.1, 0.15) is 0 Å². The molecule has 1 heteroatoms. The molecule has 0 spiro atoms. The molecule has 0 saturated heterocycles. The summed E-state index contributed by atoms with van der Waals surface area (Å²) in [5.74, 6) is 3.72. The van der Waals surface area contributed by atoms with Gasteiger partial charge >= 0.3 is 0 Å². The van der Waals surface area contributed by atoms with Crippen LogP contribution in [0.3, 0.4) is 0 Å². The second kappa shape index (κ2) is 5.60. The van der Waals surface area contributed by atoms with Crippen molar-refractivity contribution in [2.45, 2.75) is 56.7 Å². The van der Waals surface area contributed by atoms with Crippen LogP contribution in [0.1, 0.15) is 67.8 Å². The quantitative estimate of drug-likeness (QED) is 0.590. The van der Waals surface area contributed by atoms with E-state index in [9.17, 15) is 0 Å². The summed E-state index contributed by atoms with van der Waals surface area (Å²) in [5.41, 5.74) is 2.91. The van der Waals surface area contributed by atoms with Crippen LogP contribution in [0.2, 0.25) is 0 Å². The molecule has 1 aromatic carbocycles. The molecule has 0 aliphatic heterocycles. The van der Waals surface area contributed by atoms with Crippen molar-refractivity contribution in [2.24, 2.45) is 17.8 Å². The molecule has 104 valence electrons. The van der Waals surface area contributed by atoms with Gasteiger partial charge in [-0.05, 0) is 60.5 Å². The van der Waals surface area contributed by atoms with Crippen LogP contribution in [0, 0.1) is 17.8 Å². The fourth-order valence-corrected chi connectivity index (χ4v) is 4.94. The van der Waals surface area contributed by atoms with Crippen LogP contribution in [0.4, 0.5) is 0 Å². The van der Waals surface area contributed by atoms with Crippen molar-refractivity contribution in [3.63, 3.8) is 0 Å². The van der Waals surface area contributed by atoms with E-state index in [1.165, 1.54) is 43.2 Å². The van der Waals surface area contributed by atoms with Gasteiger partial charge in [-0.3, -0.25) is 0 Å². The summed E-state index contributed by atoms with van der Waals surface area (Å²) in [5, 5.41) is 0. The molecule has 2 aliphatic rings. The molecule has 0 heterocycles. The predicted molar refractivity (Wildman–Crippen MR) is 85.8 cm³/mol. The zero-order valence-corrected chi connectivity index (χ0v) is 13.7. The molecule has 4 unspecified atom stereocenters. The molecule has 0 N–H and O–H groups in total. The lowest BCUT2D eigenvalue weighted by molar-refractivity contribution is 0.314. The van der Waals surface area contributed by atoms with Crippen molar-refractivity contribution in [3.8, 4) is 0 Å². The highest BCUT2D eigenvalue weighted by Crippen LogP contribution is 2.51. The maximum absolute atomic E-state index is 3.93. The Hall–Kier alpha value is -0.300. The van der Waals surface area contributed by atoms with E-state index in [1.807, 2.05) is 0 Å². The van der Waals surface area contributed by atoms with Crippen LogP contribution >= 0.6 is 15.9 Å². The third kappa shape index (κ3) is 2.91. The number of rotatable bonds is 4. The van der Waals surface area contributed by atoms with Gasteiger partial charge in [-0.25, -0.2) is 0 Å². The van der Waals surface area contributed by atoms with E-state index in [2.05, 4.69) is 54.0 Å². The van der Waals surface area contributed by atoms with Gasteiger partial charge in [-0.1, -0.05) is 60.5 Å². The SMILES string of the molecule is CC(C)c1ccc(C(Br)CC2CC3CCC2C3)cc1. The Morgan fingerprint density at radius 1 is 1.05 bits per heavy atom. The molecule has 2 fully saturated rings. The molecule has 0 aromatic heterocycles. The van der Waals surface area contributed by atoms with Gasteiger partial charge in [0.05, 0.1) is 0 Å². The number of hydrogen-bond donors (Lipinski definition) is 0. The Bertz CT molecular complexity index is 420. The lowest BCUT2D eigenvalue weighted by Gasteiger charge is -2.24. The second-order valence-electron chi connectivity index (χ2n) is 6.96. The molecule has 2 aliphatic carbocycles. The molecule has 0 nitrogen and oxygen atoms in total. The third-order valence-electron chi connectivity index (χ3n) is 5.36. The standard InChI is InChI=1S/C18H25Br/c1-12(2)14-5-7-15(8-6-14)18(19)11-17-10-13-3-4-16(17)9-13/h5-8,12-13,16-18H,3-4,9-11H2,1-2H3. The van der Waals surface area contributed by atoms with Gasteiger partial charge in [0.2, 0.25) is 0 Å². The molecule has 4 atom stereocenters. The zero-order chi connectivity index (χ0) is 13.4. The number of benzene rings is 1. The molecule has 1 aromatic rings. The van der Waals surface area contributed by atoms with Gasteiger partial charge in [0.15, 0.2) is 0 Å². The van der Waals surface area contributed by atoms with Crippen molar-refractivity contribution in [1.82, 2.24) is 0 Å². The summed E-state index contributed by atoms with van der Waals surface area (Å²) >= 11 is 3.93. The maximum atomic E-state index is 3.93. The molecular weight excluding hydrogens is 296 g/mol. The normalized spacial score (nSPS) is 31.1. The average molecular weight is 321 g/mol. The van der Waals surface area contributed by atoms with Gasteiger partial charge in [-0.15, -0.1) is 0 Å². The number of halogens is 1. The Labute approximate surface area is 126 Å². The molecule has 19 heavy (non-hydrogen) atoms. The van der Waals surface area contributed by atoms with Crippen molar-refractivity contribution < 1.29 is 0 Å². The number of fused-ring (bicyclic) bond motifs is 2. The summed E-state index contributed by atoms with van der Waals surface area (Å²) in [6.45, 7) is 4.52. The fraction of sp³-hybridized carbons (Fsp3) is 0.667. The first-order chi connectivity index (χ1) is 9.13. The van der Waals surface area contributed by atoms with Crippen molar-refractivity contribution in [3.05, 3.63) is 35.4 Å². The largest absolute Gasteiger partial charge is 0.0839 e. The highest BCUT2D eigenvalue weighted by molar-refractivity contribution is 9.09. The van der Waals surface area contributed by atoms with Crippen LogP contribution in [0.25, 0.3) is 0 Å². The van der Waals surface area contributed by atoms with Crippen LogP contribution in [-0.4, -0.2) is 0 Å². The molecule has 2 saturated carbocycles. The Morgan fingerprint density at radius 3 is 2.26 bits per heavy atom. The number of alkyl halides is 1. The van der Waals surface area contributed by atoms with Gasteiger partial charge < -0.3 is 0 Å². The average Bonchev–Trinajstić information content (AvgIpc) is 3.01. The fourth-order valence-electron chi connectivity index (χ4n) is 4.16. The Kier molecular flexibility index (Phi) is 4.03. The predicted octanol–water partition coefficient (Wildman–Crippen LogP) is 6.07. The highest BCUT2D eigenvalue weighted by atomic mass is 79.9. The maximum Gasteiger partial charge on any atom is 0.0398 e. The Balaban J connectivity index is 1.62. The van der Waals surface area contributed by atoms with Gasteiger partial charge in [0.25, 0.3) is 0 Å². The van der Waals surface area contributed by atoms with E-state index in [1.54, 1.807) is 0 Å². The van der Waals surface area contributed by atoms with Crippen molar-refractivity contribution >= 4 is 15.9 Å². The molecular formula is C18H25Br. The topological polar surface area (TPSA) is 0 Å². The molecule has 3 rings (SSSR count). The van der Waals surface area contributed by atoms with E-state index >= 15 is 0 Å². The van der Waals surface area contributed by atoms with Crippen LogP contribution < -0.4 is 0 Å². The second-order valence-corrected chi connectivity index (χ2v) is 8.06. The number of hydrogen-bond acceptors (Lipinski definition) is 0. The minimum absolute atomic E-state index is 0.554. The minimum atomic E-state index is 0.554. The van der Waals surface area contributed by atoms with Gasteiger partial charge in [0, 0.05) is 4.83 Å². The van der Waals surface area contributed by atoms with Crippen molar-refractivity contribution in [1.29, 1.82) is 0 Å². The summed E-state index contributed by atoms with van der Waals surface area (Å²) in [4.78, 5) is 0.554. The molecule has 2 bridgehead atoms. The summed E-state index contributed by atoms with van der Waals surface area (Å²) in [6, 6.07) is 9.24. The van der Waals surface area contributed by atoms with Crippen LogP contribution in [-0.2, 0) is 0 Å². The minimum Gasteiger partial charge on any atom is -0.0839 e. The smallest absolute Gasteiger partial charge is 0.0398 e. The van der Waals surface area contributed by atoms with Crippen molar-refractivity contribution in [2.75, 3.05) is 0 Å². The first-order valence-corrected chi connectivity index (χ1v) is 8.79. The summed E-state index contributed by atoms with van der Waals surface area (Å²) in [6.07, 6.45) is 7.37. The summed E-state index contributed by atoms with van der Waals surface area (Å²) in [7, 11) is 0. The monoisotopic (exact) mass is 320 g/mol. The third-order valence-corrected chi connectivity index (χ3v) is 6.26. The first kappa shape index (κ1) is 13.7. The van der Waals surface area contributed by atoms with E-state index in [-0.39, 0.29) is 0 Å². The van der Waals surface area contributed by atoms with Gasteiger partial charge in [-0.2, -0.15) is 0 Å². The van der Waals surface area contributed by atoms with E-state index in [4.69, 9.17) is 0 Å². The lowest BCUT2D eigenvalue weighted by atomic mass is 9.84. The summed E-state index contributed by atoms with van der Waals surface area (Å²) < 4.78 is 0. The van der Waals surface area contributed by atoms with Crippen LogP contribution in [0.15, 0.2) is 24.3 Å². The van der Waals surface area contributed by atoms with Crippen LogP contribution in [0.5, 0.6) is 0 Å². The van der Waals surface area contributed by atoms with E-state index in [0.717, 1.165) is 17.8 Å².